The van der Waals surface area contributed by atoms with Gasteiger partial charge in [0.05, 0.1) is 6.04 Å². The van der Waals surface area contributed by atoms with Gasteiger partial charge in [0.1, 0.15) is 0 Å². The number of hydrazine groups is 1. The van der Waals surface area contributed by atoms with Crippen LogP contribution in [0.25, 0.3) is 0 Å². The van der Waals surface area contributed by atoms with E-state index in [0.29, 0.717) is 10.0 Å². The van der Waals surface area contributed by atoms with Crippen molar-refractivity contribution in [3.63, 3.8) is 0 Å². The van der Waals surface area contributed by atoms with Crippen LogP contribution in [0.3, 0.4) is 0 Å². The maximum absolute atomic E-state index is 6.02. The molecule has 19 heavy (non-hydrogen) atoms. The van der Waals surface area contributed by atoms with Crippen LogP contribution in [0, 0.1) is 0 Å². The van der Waals surface area contributed by atoms with E-state index in [1.807, 2.05) is 30.3 Å². The molecular formula is C14H13BrCl2N2. The van der Waals surface area contributed by atoms with Gasteiger partial charge in [0.15, 0.2) is 0 Å². The topological polar surface area (TPSA) is 38.0 Å². The number of hydrogen-bond acceptors (Lipinski definition) is 2. The minimum absolute atomic E-state index is 0.0464. The Morgan fingerprint density at radius 3 is 2.32 bits per heavy atom. The van der Waals surface area contributed by atoms with Crippen LogP contribution >= 0.6 is 39.1 Å². The molecule has 100 valence electrons. The van der Waals surface area contributed by atoms with E-state index in [2.05, 4.69) is 27.4 Å². The lowest BCUT2D eigenvalue weighted by molar-refractivity contribution is 0.551. The molecule has 0 saturated carbocycles. The molecule has 5 heteroatoms. The first-order chi connectivity index (χ1) is 9.10. The van der Waals surface area contributed by atoms with Crippen LogP contribution in [0.5, 0.6) is 0 Å². The molecule has 0 fully saturated rings. The van der Waals surface area contributed by atoms with E-state index in [4.69, 9.17) is 29.0 Å². The second kappa shape index (κ2) is 6.73. The monoisotopic (exact) mass is 358 g/mol. The van der Waals surface area contributed by atoms with Crippen molar-refractivity contribution in [2.24, 2.45) is 5.84 Å². The van der Waals surface area contributed by atoms with Crippen LogP contribution in [0.2, 0.25) is 10.0 Å². The van der Waals surface area contributed by atoms with Gasteiger partial charge in [-0.25, -0.2) is 0 Å². The first-order valence-corrected chi connectivity index (χ1v) is 7.30. The zero-order valence-electron chi connectivity index (χ0n) is 10.0. The predicted octanol–water partition coefficient (Wildman–Crippen LogP) is 4.50. The van der Waals surface area contributed by atoms with Crippen molar-refractivity contribution in [3.8, 4) is 0 Å². The number of rotatable bonds is 4. The molecule has 0 amide bonds. The van der Waals surface area contributed by atoms with Gasteiger partial charge >= 0.3 is 0 Å². The fourth-order valence-electron chi connectivity index (χ4n) is 1.93. The summed E-state index contributed by atoms with van der Waals surface area (Å²) >= 11 is 15.6. The lowest BCUT2D eigenvalue weighted by Crippen LogP contribution is -2.29. The van der Waals surface area contributed by atoms with Gasteiger partial charge in [-0.05, 0) is 41.8 Å². The molecule has 0 aliphatic rings. The van der Waals surface area contributed by atoms with Crippen LogP contribution in [0.15, 0.2) is 46.9 Å². The van der Waals surface area contributed by atoms with Crippen molar-refractivity contribution in [3.05, 3.63) is 68.1 Å². The molecule has 2 aromatic carbocycles. The van der Waals surface area contributed by atoms with Gasteiger partial charge in [-0.3, -0.25) is 11.3 Å². The van der Waals surface area contributed by atoms with Crippen molar-refractivity contribution in [2.45, 2.75) is 12.5 Å². The Hall–Kier alpha value is -0.580. The predicted molar refractivity (Wildman–Crippen MR) is 84.4 cm³/mol. The Balaban J connectivity index is 2.28. The maximum Gasteiger partial charge on any atom is 0.0501 e. The number of nitrogens with two attached hydrogens (primary N) is 1. The third-order valence-corrected chi connectivity index (χ3v) is 4.08. The first kappa shape index (κ1) is 14.8. The third-order valence-electron chi connectivity index (χ3n) is 2.87. The number of halogens is 3. The Labute approximate surface area is 131 Å². The summed E-state index contributed by atoms with van der Waals surface area (Å²) in [5.74, 6) is 5.65. The van der Waals surface area contributed by atoms with Crippen LogP contribution in [0.4, 0.5) is 0 Å². The summed E-state index contributed by atoms with van der Waals surface area (Å²) in [6, 6.07) is 13.4. The molecule has 0 aromatic heterocycles. The fraction of sp³-hybridized carbons (Fsp3) is 0.143. The van der Waals surface area contributed by atoms with Gasteiger partial charge in [0.25, 0.3) is 0 Å². The lowest BCUT2D eigenvalue weighted by Gasteiger charge is -2.18. The maximum atomic E-state index is 6.02. The minimum atomic E-state index is -0.0464. The Morgan fingerprint density at radius 2 is 1.74 bits per heavy atom. The van der Waals surface area contributed by atoms with Crippen molar-refractivity contribution >= 4 is 39.1 Å². The SMILES string of the molecule is NNC(Cc1ccccc1Br)c1cc(Cl)cc(Cl)c1. The highest BCUT2D eigenvalue weighted by molar-refractivity contribution is 9.10. The second-order valence-corrected chi connectivity index (χ2v) is 5.94. The van der Waals surface area contributed by atoms with E-state index < -0.39 is 0 Å². The van der Waals surface area contributed by atoms with E-state index in [9.17, 15) is 0 Å². The smallest absolute Gasteiger partial charge is 0.0501 e. The first-order valence-electron chi connectivity index (χ1n) is 5.75. The summed E-state index contributed by atoms with van der Waals surface area (Å²) in [7, 11) is 0. The van der Waals surface area contributed by atoms with E-state index in [1.165, 1.54) is 5.56 Å². The molecule has 0 radical (unpaired) electrons. The number of benzene rings is 2. The van der Waals surface area contributed by atoms with Crippen molar-refractivity contribution in [2.75, 3.05) is 0 Å². The average molecular weight is 360 g/mol. The van der Waals surface area contributed by atoms with Gasteiger partial charge in [-0.1, -0.05) is 57.3 Å². The molecule has 0 saturated heterocycles. The van der Waals surface area contributed by atoms with E-state index in [-0.39, 0.29) is 6.04 Å². The van der Waals surface area contributed by atoms with Gasteiger partial charge in [0.2, 0.25) is 0 Å². The normalized spacial score (nSPS) is 12.4. The van der Waals surface area contributed by atoms with Crippen LogP contribution in [-0.2, 0) is 6.42 Å². The van der Waals surface area contributed by atoms with Crippen LogP contribution < -0.4 is 11.3 Å². The summed E-state index contributed by atoms with van der Waals surface area (Å²) in [6.07, 6.45) is 0.745. The largest absolute Gasteiger partial charge is 0.271 e. The molecular weight excluding hydrogens is 347 g/mol. The number of hydrogen-bond donors (Lipinski definition) is 2. The standard InChI is InChI=1S/C14H13BrCl2N2/c15-13-4-2-1-3-9(13)7-14(19-18)10-5-11(16)8-12(17)6-10/h1-6,8,14,19H,7,18H2. The Morgan fingerprint density at radius 1 is 1.11 bits per heavy atom. The van der Waals surface area contributed by atoms with E-state index >= 15 is 0 Å². The fourth-order valence-corrected chi connectivity index (χ4v) is 2.92. The second-order valence-electron chi connectivity index (χ2n) is 4.22. The zero-order valence-corrected chi connectivity index (χ0v) is 13.1. The highest BCUT2D eigenvalue weighted by Gasteiger charge is 2.13. The number of nitrogens with one attached hydrogen (secondary N) is 1. The molecule has 2 aromatic rings. The highest BCUT2D eigenvalue weighted by atomic mass is 79.9. The third kappa shape index (κ3) is 3.94. The molecule has 3 N–H and O–H groups in total. The zero-order chi connectivity index (χ0) is 13.8. The quantitative estimate of drug-likeness (QED) is 0.622. The molecule has 0 spiro atoms. The molecule has 0 aliphatic carbocycles. The molecule has 1 atom stereocenters. The molecule has 0 heterocycles. The minimum Gasteiger partial charge on any atom is -0.271 e. The van der Waals surface area contributed by atoms with Gasteiger partial charge in [-0.2, -0.15) is 0 Å². The highest BCUT2D eigenvalue weighted by Crippen LogP contribution is 2.27. The average Bonchev–Trinajstić information content (AvgIpc) is 2.36. The van der Waals surface area contributed by atoms with Crippen LogP contribution in [-0.4, -0.2) is 0 Å². The summed E-state index contributed by atoms with van der Waals surface area (Å²) in [5.41, 5.74) is 4.95. The molecule has 1 unspecified atom stereocenters. The van der Waals surface area contributed by atoms with Gasteiger partial charge in [0, 0.05) is 14.5 Å². The molecule has 0 bridgehead atoms. The molecule has 2 rings (SSSR count). The molecule has 0 aliphatic heterocycles. The van der Waals surface area contributed by atoms with E-state index in [0.717, 1.165) is 16.5 Å². The summed E-state index contributed by atoms with van der Waals surface area (Å²) in [4.78, 5) is 0. The van der Waals surface area contributed by atoms with Crippen LogP contribution in [0.1, 0.15) is 17.2 Å². The lowest BCUT2D eigenvalue weighted by atomic mass is 9.99. The molecule has 2 nitrogen and oxygen atoms in total. The van der Waals surface area contributed by atoms with E-state index in [1.54, 1.807) is 6.07 Å². The van der Waals surface area contributed by atoms with Crippen molar-refractivity contribution < 1.29 is 0 Å². The van der Waals surface area contributed by atoms with Crippen molar-refractivity contribution in [1.82, 2.24) is 5.43 Å². The summed E-state index contributed by atoms with van der Waals surface area (Å²) < 4.78 is 1.06. The van der Waals surface area contributed by atoms with Gasteiger partial charge < -0.3 is 0 Å². The Bertz CT molecular complexity index is 555. The summed E-state index contributed by atoms with van der Waals surface area (Å²) in [6.45, 7) is 0. The van der Waals surface area contributed by atoms with Crippen molar-refractivity contribution in [1.29, 1.82) is 0 Å². The summed E-state index contributed by atoms with van der Waals surface area (Å²) in [5, 5.41) is 1.21. The van der Waals surface area contributed by atoms with Gasteiger partial charge in [-0.15, -0.1) is 0 Å². The Kier molecular flexibility index (Phi) is 5.25.